The number of hydrogen-bond acceptors (Lipinski definition) is 3. The van der Waals surface area contributed by atoms with Crippen LogP contribution in [0.5, 0.6) is 0 Å². The van der Waals surface area contributed by atoms with Crippen molar-refractivity contribution in [2.45, 2.75) is 31.3 Å². The number of ether oxygens (including phenoxy) is 1. The fourth-order valence-corrected chi connectivity index (χ4v) is 4.07. The summed E-state index contributed by atoms with van der Waals surface area (Å²) < 4.78 is 5.54. The number of carbonyl (C=O) groups is 2. The van der Waals surface area contributed by atoms with Gasteiger partial charge in [0.15, 0.2) is 0 Å². The summed E-state index contributed by atoms with van der Waals surface area (Å²) in [5.41, 5.74) is 0.805. The first kappa shape index (κ1) is 15.0. The van der Waals surface area contributed by atoms with Gasteiger partial charge < -0.3 is 14.5 Å². The normalized spacial score (nSPS) is 30.1. The van der Waals surface area contributed by atoms with E-state index >= 15 is 0 Å². The summed E-state index contributed by atoms with van der Waals surface area (Å²) in [4.78, 5) is 28.9. The standard InChI is InChI=1S/C17H19ClN2O3/c18-12-1-3-13(4-2-12)19-8-11(7-16(19)21)17(22)20-14-5-6-15(20)10-23-9-14/h1-4,11,14-15H,5-10H2/t11-,14-,15-/m1/s1. The van der Waals surface area contributed by atoms with Crippen LogP contribution in [-0.2, 0) is 14.3 Å². The zero-order chi connectivity index (χ0) is 16.0. The highest BCUT2D eigenvalue weighted by Gasteiger charge is 2.45. The van der Waals surface area contributed by atoms with E-state index in [9.17, 15) is 9.59 Å². The molecule has 3 aliphatic heterocycles. The van der Waals surface area contributed by atoms with Crippen LogP contribution < -0.4 is 4.90 Å². The summed E-state index contributed by atoms with van der Waals surface area (Å²) in [6.07, 6.45) is 2.31. The van der Waals surface area contributed by atoms with E-state index < -0.39 is 0 Å². The van der Waals surface area contributed by atoms with Crippen molar-refractivity contribution in [1.82, 2.24) is 4.90 Å². The number of hydrogen-bond donors (Lipinski definition) is 0. The number of nitrogens with zero attached hydrogens (tertiary/aromatic N) is 2. The minimum atomic E-state index is -0.251. The molecule has 3 heterocycles. The molecule has 0 N–H and O–H groups in total. The molecule has 0 aliphatic carbocycles. The van der Waals surface area contributed by atoms with Gasteiger partial charge in [0.05, 0.1) is 31.2 Å². The smallest absolute Gasteiger partial charge is 0.228 e. The highest BCUT2D eigenvalue weighted by Crippen LogP contribution is 2.33. The summed E-state index contributed by atoms with van der Waals surface area (Å²) in [5, 5.41) is 0.637. The van der Waals surface area contributed by atoms with E-state index in [4.69, 9.17) is 16.3 Å². The van der Waals surface area contributed by atoms with Crippen LogP contribution in [0.15, 0.2) is 24.3 Å². The molecule has 0 saturated carbocycles. The molecule has 4 rings (SSSR count). The number of anilines is 1. The Morgan fingerprint density at radius 2 is 1.78 bits per heavy atom. The van der Waals surface area contributed by atoms with E-state index in [1.165, 1.54) is 0 Å². The zero-order valence-corrected chi connectivity index (χ0v) is 13.5. The lowest BCUT2D eigenvalue weighted by Gasteiger charge is -2.36. The molecule has 23 heavy (non-hydrogen) atoms. The molecule has 1 aromatic rings. The van der Waals surface area contributed by atoms with Crippen molar-refractivity contribution < 1.29 is 14.3 Å². The molecule has 3 atom stereocenters. The van der Waals surface area contributed by atoms with Crippen LogP contribution in [0.2, 0.25) is 5.02 Å². The maximum Gasteiger partial charge on any atom is 0.228 e. The number of fused-ring (bicyclic) bond motifs is 2. The number of amides is 2. The molecule has 3 fully saturated rings. The van der Waals surface area contributed by atoms with Crippen LogP contribution in [-0.4, -0.2) is 48.6 Å². The van der Waals surface area contributed by atoms with Crippen molar-refractivity contribution in [3.05, 3.63) is 29.3 Å². The Labute approximate surface area is 140 Å². The summed E-state index contributed by atoms with van der Waals surface area (Å²) >= 11 is 5.90. The van der Waals surface area contributed by atoms with Gasteiger partial charge in [-0.3, -0.25) is 9.59 Å². The molecule has 0 spiro atoms. The Kier molecular flexibility index (Phi) is 3.77. The van der Waals surface area contributed by atoms with Crippen molar-refractivity contribution in [3.8, 4) is 0 Å². The quantitative estimate of drug-likeness (QED) is 0.832. The fraction of sp³-hybridized carbons (Fsp3) is 0.529. The molecule has 6 heteroatoms. The Hall–Kier alpha value is -1.59. The SMILES string of the molecule is O=C1C[C@@H](C(=O)N2[C@@H]3CC[C@@H]2COC3)CN1c1ccc(Cl)cc1. The van der Waals surface area contributed by atoms with Crippen LogP contribution in [0.4, 0.5) is 5.69 Å². The van der Waals surface area contributed by atoms with Crippen LogP contribution in [0, 0.1) is 5.92 Å². The molecule has 2 amide bonds. The Balaban J connectivity index is 1.50. The molecule has 1 aromatic carbocycles. The molecule has 0 aromatic heterocycles. The third kappa shape index (κ3) is 2.62. The van der Waals surface area contributed by atoms with Gasteiger partial charge in [-0.25, -0.2) is 0 Å². The first-order valence-electron chi connectivity index (χ1n) is 8.09. The first-order chi connectivity index (χ1) is 11.1. The Morgan fingerprint density at radius 1 is 1.13 bits per heavy atom. The average molecular weight is 335 g/mol. The maximum atomic E-state index is 12.9. The minimum absolute atomic E-state index is 0.00581. The first-order valence-corrected chi connectivity index (χ1v) is 8.47. The highest BCUT2D eigenvalue weighted by atomic mass is 35.5. The number of morpholine rings is 1. The second-order valence-electron chi connectivity index (χ2n) is 6.55. The largest absolute Gasteiger partial charge is 0.377 e. The molecule has 0 radical (unpaired) electrons. The maximum absolute atomic E-state index is 12.9. The van der Waals surface area contributed by atoms with Crippen molar-refractivity contribution in [2.75, 3.05) is 24.7 Å². The van der Waals surface area contributed by atoms with E-state index in [2.05, 4.69) is 0 Å². The third-order valence-corrected chi connectivity index (χ3v) is 5.36. The van der Waals surface area contributed by atoms with Gasteiger partial charge in [0, 0.05) is 23.7 Å². The summed E-state index contributed by atoms with van der Waals surface area (Å²) in [6, 6.07) is 7.57. The van der Waals surface area contributed by atoms with Crippen LogP contribution >= 0.6 is 11.6 Å². The topological polar surface area (TPSA) is 49.9 Å². The highest BCUT2D eigenvalue weighted by molar-refractivity contribution is 6.30. The molecular weight excluding hydrogens is 316 g/mol. The van der Waals surface area contributed by atoms with E-state index in [1.807, 2.05) is 17.0 Å². The van der Waals surface area contributed by atoms with Crippen molar-refractivity contribution in [2.24, 2.45) is 5.92 Å². The molecule has 5 nitrogen and oxygen atoms in total. The van der Waals surface area contributed by atoms with Gasteiger partial charge in [-0.05, 0) is 37.1 Å². The van der Waals surface area contributed by atoms with Gasteiger partial charge in [-0.15, -0.1) is 0 Å². The number of halogens is 1. The van der Waals surface area contributed by atoms with Gasteiger partial charge >= 0.3 is 0 Å². The predicted molar refractivity (Wildman–Crippen MR) is 86.4 cm³/mol. The number of carbonyl (C=O) groups excluding carboxylic acids is 2. The molecular formula is C17H19ClN2O3. The van der Waals surface area contributed by atoms with E-state index in [0.717, 1.165) is 18.5 Å². The third-order valence-electron chi connectivity index (χ3n) is 5.11. The minimum Gasteiger partial charge on any atom is -0.377 e. The van der Waals surface area contributed by atoms with Gasteiger partial charge in [0.1, 0.15) is 0 Å². The van der Waals surface area contributed by atoms with E-state index in [0.29, 0.717) is 24.8 Å². The second kappa shape index (κ2) is 5.80. The number of benzene rings is 1. The monoisotopic (exact) mass is 334 g/mol. The average Bonchev–Trinajstić information content (AvgIpc) is 3.05. The van der Waals surface area contributed by atoms with Crippen LogP contribution in [0.25, 0.3) is 0 Å². The lowest BCUT2D eigenvalue weighted by atomic mass is 10.1. The Bertz CT molecular complexity index is 617. The molecule has 3 aliphatic rings. The molecule has 122 valence electrons. The van der Waals surface area contributed by atoms with Gasteiger partial charge in [0.25, 0.3) is 0 Å². The van der Waals surface area contributed by atoms with Crippen molar-refractivity contribution in [3.63, 3.8) is 0 Å². The van der Waals surface area contributed by atoms with Crippen molar-refractivity contribution >= 4 is 29.1 Å². The summed E-state index contributed by atoms with van der Waals surface area (Å²) in [5.74, 6) is -0.128. The summed E-state index contributed by atoms with van der Waals surface area (Å²) in [6.45, 7) is 1.71. The second-order valence-corrected chi connectivity index (χ2v) is 6.99. The predicted octanol–water partition coefficient (Wildman–Crippen LogP) is 2.08. The molecule has 0 unspecified atom stereocenters. The lowest BCUT2D eigenvalue weighted by molar-refractivity contribution is -0.145. The van der Waals surface area contributed by atoms with E-state index in [1.54, 1.807) is 17.0 Å². The van der Waals surface area contributed by atoms with Gasteiger partial charge in [0.2, 0.25) is 11.8 Å². The Morgan fingerprint density at radius 3 is 2.43 bits per heavy atom. The van der Waals surface area contributed by atoms with Crippen molar-refractivity contribution in [1.29, 1.82) is 0 Å². The molecule has 3 saturated heterocycles. The van der Waals surface area contributed by atoms with Gasteiger partial charge in [-0.1, -0.05) is 11.6 Å². The number of rotatable bonds is 2. The van der Waals surface area contributed by atoms with Gasteiger partial charge in [-0.2, -0.15) is 0 Å². The summed E-state index contributed by atoms with van der Waals surface area (Å²) in [7, 11) is 0. The van der Waals surface area contributed by atoms with Crippen LogP contribution in [0.3, 0.4) is 0 Å². The van der Waals surface area contributed by atoms with Crippen LogP contribution in [0.1, 0.15) is 19.3 Å². The molecule has 2 bridgehead atoms. The lowest BCUT2D eigenvalue weighted by Crippen LogP contribution is -2.51. The zero-order valence-electron chi connectivity index (χ0n) is 12.8. The van der Waals surface area contributed by atoms with E-state index in [-0.39, 0.29) is 36.2 Å². The fourth-order valence-electron chi connectivity index (χ4n) is 3.94.